The van der Waals surface area contributed by atoms with E-state index in [0.29, 0.717) is 31.8 Å². The minimum Gasteiger partial charge on any atom is -0.298 e. The second-order valence-electron chi connectivity index (χ2n) is 5.64. The van der Waals surface area contributed by atoms with Crippen LogP contribution in [0, 0.1) is 0 Å². The minimum atomic E-state index is -0.611. The highest BCUT2D eigenvalue weighted by molar-refractivity contribution is 8.13. The van der Waals surface area contributed by atoms with Crippen LogP contribution in [0.5, 0.6) is 0 Å². The number of carbonyl (C=O) groups excluding carboxylic acids is 1. The third-order valence-corrected chi connectivity index (χ3v) is 5.46. The standard InChI is InChI=1S/C18H14Cl2N4OS/c1-2-26-18-22-17(25)15-10-6-3-4-9-13(10)21-16(24(15)23-18)14-11(19)7-5-8-12(14)20/h3-9,16H,2H2,1H3,(H,22,23,25)/t16-/m0/s1. The van der Waals surface area contributed by atoms with Crippen molar-refractivity contribution in [1.29, 1.82) is 0 Å². The topological polar surface area (TPSA) is 57.1 Å². The van der Waals surface area contributed by atoms with E-state index in [2.05, 4.69) is 10.4 Å². The quantitative estimate of drug-likeness (QED) is 0.836. The number of nitrogens with one attached hydrogen (secondary N) is 1. The molecule has 0 aromatic heterocycles. The normalized spacial score (nSPS) is 18.5. The first-order valence-corrected chi connectivity index (χ1v) is 9.77. The summed E-state index contributed by atoms with van der Waals surface area (Å²) in [4.78, 5) is 17.6. The summed E-state index contributed by atoms with van der Waals surface area (Å²) in [6.45, 7) is 2.00. The molecule has 0 unspecified atom stereocenters. The minimum absolute atomic E-state index is 0.216. The summed E-state index contributed by atoms with van der Waals surface area (Å²) in [6, 6.07) is 12.8. The second kappa shape index (κ2) is 6.95. The number of rotatable bonds is 2. The monoisotopic (exact) mass is 404 g/mol. The van der Waals surface area contributed by atoms with Crippen LogP contribution >= 0.6 is 35.0 Å². The third-order valence-electron chi connectivity index (χ3n) is 4.05. The number of hydrogen-bond acceptors (Lipinski definition) is 5. The van der Waals surface area contributed by atoms with Crippen molar-refractivity contribution in [2.45, 2.75) is 13.1 Å². The van der Waals surface area contributed by atoms with Crippen molar-refractivity contribution in [2.75, 3.05) is 5.75 Å². The molecule has 1 atom stereocenters. The molecule has 0 aliphatic carbocycles. The lowest BCUT2D eigenvalue weighted by atomic mass is 10.1. The molecule has 26 heavy (non-hydrogen) atoms. The van der Waals surface area contributed by atoms with Gasteiger partial charge in [0.1, 0.15) is 5.70 Å². The number of amides is 1. The summed E-state index contributed by atoms with van der Waals surface area (Å²) >= 11 is 14.3. The van der Waals surface area contributed by atoms with Gasteiger partial charge in [-0.1, -0.05) is 66.2 Å². The van der Waals surface area contributed by atoms with Crippen molar-refractivity contribution in [3.05, 3.63) is 68.6 Å². The number of benzene rings is 2. The Hall–Kier alpha value is -2.02. The smallest absolute Gasteiger partial charge is 0.276 e. The molecule has 0 saturated carbocycles. The third kappa shape index (κ3) is 2.88. The highest BCUT2D eigenvalue weighted by atomic mass is 35.5. The van der Waals surface area contributed by atoms with Gasteiger partial charge in [0.2, 0.25) is 0 Å². The maximum Gasteiger partial charge on any atom is 0.276 e. The van der Waals surface area contributed by atoms with Gasteiger partial charge in [-0.15, -0.1) is 5.10 Å². The maximum absolute atomic E-state index is 12.8. The van der Waals surface area contributed by atoms with Crippen LogP contribution < -0.4 is 15.9 Å². The molecular weight excluding hydrogens is 391 g/mol. The Bertz CT molecular complexity index is 1030. The van der Waals surface area contributed by atoms with Gasteiger partial charge in [0.15, 0.2) is 11.3 Å². The first-order chi connectivity index (χ1) is 12.6. The fraction of sp³-hybridized carbons (Fsp3) is 0.167. The zero-order valence-corrected chi connectivity index (χ0v) is 16.1. The van der Waals surface area contributed by atoms with Gasteiger partial charge in [-0.2, -0.15) is 0 Å². The molecule has 2 aliphatic rings. The molecule has 2 aliphatic heterocycles. The van der Waals surface area contributed by atoms with Crippen LogP contribution in [0.4, 0.5) is 0 Å². The Morgan fingerprint density at radius 1 is 1.15 bits per heavy atom. The van der Waals surface area contributed by atoms with E-state index in [-0.39, 0.29) is 5.91 Å². The molecule has 2 aromatic rings. The largest absolute Gasteiger partial charge is 0.298 e. The van der Waals surface area contributed by atoms with E-state index in [9.17, 15) is 4.79 Å². The first-order valence-electron chi connectivity index (χ1n) is 8.03. The molecule has 0 saturated heterocycles. The molecule has 1 amide bonds. The van der Waals surface area contributed by atoms with E-state index in [1.165, 1.54) is 11.8 Å². The number of para-hydroxylation sites is 1. The zero-order valence-electron chi connectivity index (χ0n) is 13.7. The number of nitrogens with zero attached hydrogens (tertiary/aromatic N) is 3. The van der Waals surface area contributed by atoms with E-state index >= 15 is 0 Å². The van der Waals surface area contributed by atoms with E-state index < -0.39 is 6.17 Å². The van der Waals surface area contributed by atoms with Crippen molar-refractivity contribution < 1.29 is 4.79 Å². The Morgan fingerprint density at radius 3 is 2.62 bits per heavy atom. The lowest BCUT2D eigenvalue weighted by molar-refractivity contribution is -0.116. The van der Waals surface area contributed by atoms with E-state index in [1.54, 1.807) is 23.2 Å². The number of fused-ring (bicyclic) bond motifs is 2. The molecule has 0 bridgehead atoms. The Balaban J connectivity index is 2.00. The predicted octanol–water partition coefficient (Wildman–Crippen LogP) is 2.89. The molecule has 0 fully saturated rings. The Morgan fingerprint density at radius 2 is 1.88 bits per heavy atom. The molecular formula is C18H14Cl2N4OS. The van der Waals surface area contributed by atoms with Crippen LogP contribution in [0.25, 0.3) is 5.70 Å². The average molecular weight is 405 g/mol. The van der Waals surface area contributed by atoms with E-state index in [4.69, 9.17) is 28.2 Å². The predicted molar refractivity (Wildman–Crippen MR) is 105 cm³/mol. The van der Waals surface area contributed by atoms with Gasteiger partial charge in [-0.25, -0.2) is 5.01 Å². The SMILES string of the molecule is CCSC1=NN2C(=c3ccccc3=N[C@@H]2c2c(Cl)cccc2Cl)C(=O)N1. The van der Waals surface area contributed by atoms with E-state index in [1.807, 2.05) is 31.2 Å². The van der Waals surface area contributed by atoms with Crippen LogP contribution in [-0.4, -0.2) is 21.8 Å². The highest BCUT2D eigenvalue weighted by Crippen LogP contribution is 2.38. The Kier molecular flexibility index (Phi) is 4.65. The van der Waals surface area contributed by atoms with Crippen molar-refractivity contribution in [1.82, 2.24) is 10.3 Å². The van der Waals surface area contributed by atoms with Crippen molar-refractivity contribution in [3.8, 4) is 0 Å². The lowest BCUT2D eigenvalue weighted by Gasteiger charge is -2.34. The van der Waals surface area contributed by atoms with Gasteiger partial charge < -0.3 is 0 Å². The van der Waals surface area contributed by atoms with Crippen molar-refractivity contribution in [2.24, 2.45) is 10.1 Å². The van der Waals surface area contributed by atoms with Crippen LogP contribution in [0.2, 0.25) is 10.0 Å². The van der Waals surface area contributed by atoms with Gasteiger partial charge in [-0.3, -0.25) is 15.1 Å². The summed E-state index contributed by atoms with van der Waals surface area (Å²) in [5, 5.41) is 12.0. The molecule has 2 aromatic carbocycles. The number of carbonyl (C=O) groups is 1. The molecule has 132 valence electrons. The molecule has 8 heteroatoms. The Labute approximate surface area is 164 Å². The summed E-state index contributed by atoms with van der Waals surface area (Å²) in [5.74, 6) is 0.569. The summed E-state index contributed by atoms with van der Waals surface area (Å²) in [5.41, 5.74) is 1.07. The lowest BCUT2D eigenvalue weighted by Crippen LogP contribution is -2.50. The summed E-state index contributed by atoms with van der Waals surface area (Å²) < 4.78 is 0. The molecule has 2 heterocycles. The number of hydrazone groups is 1. The van der Waals surface area contributed by atoms with Gasteiger partial charge >= 0.3 is 0 Å². The summed E-state index contributed by atoms with van der Waals surface area (Å²) in [7, 11) is 0. The number of amidine groups is 1. The van der Waals surface area contributed by atoms with Gasteiger partial charge in [0.25, 0.3) is 5.91 Å². The molecule has 0 radical (unpaired) electrons. The number of thioether (sulfide) groups is 1. The van der Waals surface area contributed by atoms with Gasteiger partial charge in [0.05, 0.1) is 5.36 Å². The maximum atomic E-state index is 12.8. The summed E-state index contributed by atoms with van der Waals surface area (Å²) in [6.07, 6.45) is -0.611. The van der Waals surface area contributed by atoms with Gasteiger partial charge in [-0.05, 0) is 24.0 Å². The van der Waals surface area contributed by atoms with Crippen molar-refractivity contribution in [3.63, 3.8) is 0 Å². The molecule has 4 rings (SSSR count). The number of hydrogen-bond donors (Lipinski definition) is 1. The zero-order chi connectivity index (χ0) is 18.3. The van der Waals surface area contributed by atoms with Crippen LogP contribution in [0.3, 0.4) is 0 Å². The molecule has 0 spiro atoms. The first kappa shape index (κ1) is 17.4. The molecule has 5 nitrogen and oxygen atoms in total. The second-order valence-corrected chi connectivity index (χ2v) is 7.71. The highest BCUT2D eigenvalue weighted by Gasteiger charge is 2.36. The van der Waals surface area contributed by atoms with Crippen LogP contribution in [-0.2, 0) is 4.79 Å². The fourth-order valence-electron chi connectivity index (χ4n) is 2.97. The van der Waals surface area contributed by atoms with Crippen molar-refractivity contribution >= 4 is 51.7 Å². The average Bonchev–Trinajstić information content (AvgIpc) is 2.61. The van der Waals surface area contributed by atoms with Crippen LogP contribution in [0.15, 0.2) is 52.6 Å². The van der Waals surface area contributed by atoms with Gasteiger partial charge in [0, 0.05) is 20.8 Å². The van der Waals surface area contributed by atoms with Crippen LogP contribution in [0.1, 0.15) is 18.7 Å². The molecule has 1 N–H and O–H groups in total. The fourth-order valence-corrected chi connectivity index (χ4v) is 4.15. The van der Waals surface area contributed by atoms with E-state index in [0.717, 1.165) is 11.0 Å². The number of halogens is 2.